The maximum Gasteiger partial charge on any atom is 0.0409 e. The summed E-state index contributed by atoms with van der Waals surface area (Å²) >= 11 is 2.05. The van der Waals surface area contributed by atoms with Crippen molar-refractivity contribution in [2.45, 2.75) is 32.1 Å². The van der Waals surface area contributed by atoms with E-state index in [9.17, 15) is 0 Å². The fourth-order valence-electron chi connectivity index (χ4n) is 1.47. The average molecular weight is 237 g/mol. The zero-order valence-corrected chi connectivity index (χ0v) is 11.6. The van der Waals surface area contributed by atoms with Gasteiger partial charge < -0.3 is 5.32 Å². The number of benzene rings is 1. The maximum atomic E-state index is 3.39. The second-order valence-corrected chi connectivity index (χ2v) is 5.94. The Balaban J connectivity index is 2.50. The molecule has 0 aliphatic rings. The molecule has 0 fully saturated rings. The van der Waals surface area contributed by atoms with E-state index < -0.39 is 0 Å². The molecule has 1 aromatic rings. The number of nitrogens with one attached hydrogen (secondary N) is 1. The molecule has 0 radical (unpaired) electrons. The molecular weight excluding hydrogens is 214 g/mol. The van der Waals surface area contributed by atoms with Gasteiger partial charge in [0.05, 0.1) is 0 Å². The van der Waals surface area contributed by atoms with Crippen molar-refractivity contribution in [2.75, 3.05) is 12.8 Å². The highest BCUT2D eigenvalue weighted by Gasteiger charge is 2.13. The Morgan fingerprint density at radius 1 is 1.12 bits per heavy atom. The van der Waals surface area contributed by atoms with Crippen molar-refractivity contribution < 1.29 is 0 Å². The van der Waals surface area contributed by atoms with E-state index in [4.69, 9.17) is 0 Å². The molecule has 0 bridgehead atoms. The van der Waals surface area contributed by atoms with Crippen molar-refractivity contribution >= 4 is 11.8 Å². The second kappa shape index (κ2) is 6.97. The Kier molecular flexibility index (Phi) is 5.93. The third-order valence-corrected chi connectivity index (χ3v) is 4.61. The molecule has 0 aliphatic heterocycles. The Hall–Kier alpha value is -0.470. The van der Waals surface area contributed by atoms with Crippen LogP contribution in [0.3, 0.4) is 0 Å². The summed E-state index contributed by atoms with van der Waals surface area (Å²) in [6, 6.07) is 11.1. The van der Waals surface area contributed by atoms with Crippen LogP contribution in [0.2, 0.25) is 0 Å². The monoisotopic (exact) mass is 237 g/mol. The highest BCUT2D eigenvalue weighted by Crippen LogP contribution is 2.24. The van der Waals surface area contributed by atoms with Crippen LogP contribution in [0.15, 0.2) is 30.3 Å². The number of hydrogen-bond acceptors (Lipinski definition) is 2. The van der Waals surface area contributed by atoms with Crippen LogP contribution >= 0.6 is 11.8 Å². The Morgan fingerprint density at radius 2 is 1.75 bits per heavy atom. The van der Waals surface area contributed by atoms with Gasteiger partial charge in [0.2, 0.25) is 0 Å². The summed E-state index contributed by atoms with van der Waals surface area (Å²) in [5, 5.41) is 4.11. The number of hydrogen-bond donors (Lipinski definition) is 1. The SMILES string of the molecule is CNC(CSC(C)C(C)C)c1ccccc1. The first kappa shape index (κ1) is 13.6. The van der Waals surface area contributed by atoms with Crippen LogP contribution in [0.1, 0.15) is 32.4 Å². The van der Waals surface area contributed by atoms with E-state index in [-0.39, 0.29) is 0 Å². The quantitative estimate of drug-likeness (QED) is 0.809. The van der Waals surface area contributed by atoms with Crippen molar-refractivity contribution in [1.29, 1.82) is 0 Å². The van der Waals surface area contributed by atoms with E-state index in [2.05, 4.69) is 56.4 Å². The fraction of sp³-hybridized carbons (Fsp3) is 0.571. The van der Waals surface area contributed by atoms with E-state index in [1.54, 1.807) is 0 Å². The van der Waals surface area contributed by atoms with Gasteiger partial charge in [-0.2, -0.15) is 11.8 Å². The summed E-state index contributed by atoms with van der Waals surface area (Å²) in [5.41, 5.74) is 1.38. The molecular formula is C14H23NS. The van der Waals surface area contributed by atoms with Gasteiger partial charge in [-0.3, -0.25) is 0 Å². The molecule has 0 heterocycles. The van der Waals surface area contributed by atoms with E-state index in [1.165, 1.54) is 5.56 Å². The lowest BCUT2D eigenvalue weighted by molar-refractivity contribution is 0.629. The number of rotatable bonds is 6. The molecule has 0 aromatic heterocycles. The minimum absolute atomic E-state index is 0.465. The normalized spacial score (nSPS) is 15.1. The van der Waals surface area contributed by atoms with E-state index in [0.717, 1.165) is 16.9 Å². The molecule has 1 aromatic carbocycles. The van der Waals surface area contributed by atoms with Crippen LogP contribution in [0.5, 0.6) is 0 Å². The molecule has 2 heteroatoms. The van der Waals surface area contributed by atoms with Crippen molar-refractivity contribution in [3.05, 3.63) is 35.9 Å². The Labute approximate surface area is 104 Å². The standard InChI is InChI=1S/C14H23NS/c1-11(2)12(3)16-10-14(15-4)13-8-6-5-7-9-13/h5-9,11-12,14-15H,10H2,1-4H3. The Morgan fingerprint density at radius 3 is 2.25 bits per heavy atom. The van der Waals surface area contributed by atoms with Gasteiger partial charge in [-0.05, 0) is 18.5 Å². The van der Waals surface area contributed by atoms with Gasteiger partial charge in [0.15, 0.2) is 0 Å². The van der Waals surface area contributed by atoms with E-state index in [1.807, 2.05) is 18.8 Å². The summed E-state index contributed by atoms with van der Waals surface area (Å²) in [5.74, 6) is 1.89. The molecule has 1 N–H and O–H groups in total. The molecule has 16 heavy (non-hydrogen) atoms. The van der Waals surface area contributed by atoms with Gasteiger partial charge in [0.1, 0.15) is 0 Å². The molecule has 2 unspecified atom stereocenters. The lowest BCUT2D eigenvalue weighted by Gasteiger charge is -2.20. The molecule has 0 aliphatic carbocycles. The highest BCUT2D eigenvalue weighted by atomic mass is 32.2. The smallest absolute Gasteiger partial charge is 0.0409 e. The minimum Gasteiger partial charge on any atom is -0.312 e. The lowest BCUT2D eigenvalue weighted by atomic mass is 10.1. The Bertz CT molecular complexity index is 284. The average Bonchev–Trinajstić information content (AvgIpc) is 2.30. The third-order valence-electron chi connectivity index (χ3n) is 3.02. The van der Waals surface area contributed by atoms with Crippen molar-refractivity contribution in [2.24, 2.45) is 5.92 Å². The summed E-state index contributed by atoms with van der Waals surface area (Å²) in [6.45, 7) is 6.89. The molecule has 0 amide bonds. The predicted octanol–water partition coefficient (Wildman–Crippen LogP) is 3.72. The molecule has 0 saturated heterocycles. The molecule has 1 nitrogen and oxygen atoms in total. The third kappa shape index (κ3) is 4.18. The molecule has 2 atom stereocenters. The summed E-state index contributed by atoms with van der Waals surface area (Å²) in [4.78, 5) is 0. The summed E-state index contributed by atoms with van der Waals surface area (Å²) in [7, 11) is 2.04. The minimum atomic E-state index is 0.465. The molecule has 90 valence electrons. The van der Waals surface area contributed by atoms with Gasteiger partial charge in [-0.25, -0.2) is 0 Å². The number of thioether (sulfide) groups is 1. The van der Waals surface area contributed by atoms with E-state index in [0.29, 0.717) is 6.04 Å². The van der Waals surface area contributed by atoms with Crippen LogP contribution in [0.25, 0.3) is 0 Å². The lowest BCUT2D eigenvalue weighted by Crippen LogP contribution is -2.20. The molecule has 0 spiro atoms. The summed E-state index contributed by atoms with van der Waals surface area (Å²) < 4.78 is 0. The first-order valence-electron chi connectivity index (χ1n) is 5.99. The largest absolute Gasteiger partial charge is 0.312 e. The van der Waals surface area contributed by atoms with Crippen LogP contribution in [-0.4, -0.2) is 18.1 Å². The van der Waals surface area contributed by atoms with Crippen LogP contribution in [0, 0.1) is 5.92 Å². The fourth-order valence-corrected chi connectivity index (χ4v) is 2.71. The van der Waals surface area contributed by atoms with Crippen LogP contribution < -0.4 is 5.32 Å². The van der Waals surface area contributed by atoms with Crippen molar-refractivity contribution in [3.8, 4) is 0 Å². The predicted molar refractivity (Wildman–Crippen MR) is 75.0 cm³/mol. The highest BCUT2D eigenvalue weighted by molar-refractivity contribution is 7.99. The van der Waals surface area contributed by atoms with Crippen LogP contribution in [-0.2, 0) is 0 Å². The van der Waals surface area contributed by atoms with Gasteiger partial charge in [-0.1, -0.05) is 51.1 Å². The topological polar surface area (TPSA) is 12.0 Å². The second-order valence-electron chi connectivity index (χ2n) is 4.53. The van der Waals surface area contributed by atoms with Crippen LogP contribution in [0.4, 0.5) is 0 Å². The molecule has 0 saturated carbocycles. The zero-order valence-electron chi connectivity index (χ0n) is 10.7. The van der Waals surface area contributed by atoms with E-state index >= 15 is 0 Å². The molecule has 1 rings (SSSR count). The van der Waals surface area contributed by atoms with Gasteiger partial charge in [0, 0.05) is 17.0 Å². The van der Waals surface area contributed by atoms with Crippen molar-refractivity contribution in [3.63, 3.8) is 0 Å². The maximum absolute atomic E-state index is 3.39. The van der Waals surface area contributed by atoms with Gasteiger partial charge in [0.25, 0.3) is 0 Å². The first-order chi connectivity index (χ1) is 7.65. The summed E-state index contributed by atoms with van der Waals surface area (Å²) in [6.07, 6.45) is 0. The first-order valence-corrected chi connectivity index (χ1v) is 7.03. The van der Waals surface area contributed by atoms with Crippen molar-refractivity contribution in [1.82, 2.24) is 5.32 Å². The zero-order chi connectivity index (χ0) is 12.0. The van der Waals surface area contributed by atoms with Gasteiger partial charge >= 0.3 is 0 Å². The van der Waals surface area contributed by atoms with Gasteiger partial charge in [-0.15, -0.1) is 0 Å².